The van der Waals surface area contributed by atoms with E-state index >= 15 is 0 Å². The number of phosphoric ester groups is 2. The first kappa shape index (κ1) is 101. The van der Waals surface area contributed by atoms with Crippen molar-refractivity contribution in [1.29, 1.82) is 0 Å². The van der Waals surface area contributed by atoms with Gasteiger partial charge in [0.2, 0.25) is 0 Å². The zero-order valence-corrected chi connectivity index (χ0v) is 69.7. The maximum absolute atomic E-state index is 13.1. The van der Waals surface area contributed by atoms with Crippen LogP contribution in [0.1, 0.15) is 434 Å². The van der Waals surface area contributed by atoms with Gasteiger partial charge in [-0.25, -0.2) is 9.13 Å². The third kappa shape index (κ3) is 75.3. The molecule has 0 aliphatic carbocycles. The lowest BCUT2D eigenvalue weighted by Gasteiger charge is -2.21. The molecule has 0 saturated carbocycles. The van der Waals surface area contributed by atoms with E-state index in [1.807, 2.05) is 0 Å². The molecule has 0 amide bonds. The Balaban J connectivity index is 5.22. The largest absolute Gasteiger partial charge is 0.472 e. The molecule has 19 heteroatoms. The van der Waals surface area contributed by atoms with Gasteiger partial charge in [0.05, 0.1) is 26.4 Å². The maximum Gasteiger partial charge on any atom is 0.472 e. The summed E-state index contributed by atoms with van der Waals surface area (Å²) in [5, 5.41) is 10.7. The number of hydrogen-bond acceptors (Lipinski definition) is 15. The molecular weight excluding hydrogens is 1340 g/mol. The summed E-state index contributed by atoms with van der Waals surface area (Å²) in [5.74, 6) is 1.05. The van der Waals surface area contributed by atoms with Crippen molar-refractivity contribution in [3.63, 3.8) is 0 Å². The van der Waals surface area contributed by atoms with Gasteiger partial charge in [-0.3, -0.25) is 37.3 Å². The Bertz CT molecular complexity index is 2010. The van der Waals surface area contributed by atoms with Crippen LogP contribution in [-0.4, -0.2) is 96.7 Å². The second-order valence-electron chi connectivity index (χ2n) is 31.7. The lowest BCUT2D eigenvalue weighted by atomic mass is 9.99. The van der Waals surface area contributed by atoms with Gasteiger partial charge in [-0.05, 0) is 49.4 Å². The number of aliphatic hydroxyl groups excluding tert-OH is 1. The number of hydrogen-bond donors (Lipinski definition) is 3. The van der Waals surface area contributed by atoms with Crippen LogP contribution in [0.3, 0.4) is 0 Å². The number of unbranched alkanes of at least 4 members (excludes halogenated alkanes) is 45. The standard InChI is InChI=1S/C84H164O17P2/c1-9-76(7)62-54-46-38-32-28-29-33-39-48-56-64-81(86)94-70-79(100-83(88)66-58-50-40-34-26-22-18-14-12-11-13-16-20-24-30-36-44-52-60-74(3)4)72-98-102(90,91)96-68-78(85)69-97-103(92,93)99-73-80(71-95-82(87)65-57-49-43-42-47-55-63-77(8)10-2)101-84(89)67-59-51-41-35-27-23-19-15-17-21-25-31-37-45-53-61-75(5)6/h74-80,85H,9-73H2,1-8H3,(H,90,91)(H,92,93)/t76?,77?,78-,79-,80-/m1/s1. The van der Waals surface area contributed by atoms with Crippen molar-refractivity contribution in [2.45, 2.75) is 453 Å². The Labute approximate surface area is 632 Å². The van der Waals surface area contributed by atoms with Crippen LogP contribution < -0.4 is 0 Å². The van der Waals surface area contributed by atoms with Gasteiger partial charge in [-0.2, -0.15) is 0 Å². The lowest BCUT2D eigenvalue weighted by Crippen LogP contribution is -2.30. The summed E-state index contributed by atoms with van der Waals surface area (Å²) in [5.41, 5.74) is 0. The van der Waals surface area contributed by atoms with Crippen molar-refractivity contribution >= 4 is 39.5 Å². The van der Waals surface area contributed by atoms with E-state index in [1.54, 1.807) is 0 Å². The summed E-state index contributed by atoms with van der Waals surface area (Å²) in [6.45, 7) is 14.3. The van der Waals surface area contributed by atoms with Crippen LogP contribution in [0.25, 0.3) is 0 Å². The average Bonchev–Trinajstić information content (AvgIpc) is 0.912. The molecule has 0 rings (SSSR count). The summed E-state index contributed by atoms with van der Waals surface area (Å²) >= 11 is 0. The van der Waals surface area contributed by atoms with Crippen LogP contribution in [0.5, 0.6) is 0 Å². The van der Waals surface area contributed by atoms with E-state index in [4.69, 9.17) is 37.0 Å². The minimum absolute atomic E-state index is 0.107. The summed E-state index contributed by atoms with van der Waals surface area (Å²) < 4.78 is 68.8. The molecule has 0 aliphatic rings. The summed E-state index contributed by atoms with van der Waals surface area (Å²) in [7, 11) is -9.93. The van der Waals surface area contributed by atoms with Gasteiger partial charge in [-0.15, -0.1) is 0 Å². The SMILES string of the molecule is CCC(C)CCCCCCCCCCCCC(=O)OC[C@H](COP(=O)(O)OC[C@@H](O)COP(=O)(O)OC[C@@H](COC(=O)CCCCCCCCC(C)CC)OC(=O)CCCCCCCCCCCCCCCCCC(C)C)OC(=O)CCCCCCCCCCCCCCCCCCCCC(C)C. The van der Waals surface area contributed by atoms with E-state index in [-0.39, 0.29) is 25.7 Å². The van der Waals surface area contributed by atoms with Crippen molar-refractivity contribution < 1.29 is 80.2 Å². The van der Waals surface area contributed by atoms with Crippen molar-refractivity contribution in [1.82, 2.24) is 0 Å². The number of ether oxygens (including phenoxy) is 4. The van der Waals surface area contributed by atoms with Gasteiger partial charge in [0, 0.05) is 25.7 Å². The number of rotatable bonds is 81. The van der Waals surface area contributed by atoms with E-state index < -0.39 is 97.5 Å². The van der Waals surface area contributed by atoms with E-state index in [9.17, 15) is 43.2 Å². The topological polar surface area (TPSA) is 237 Å². The van der Waals surface area contributed by atoms with Crippen molar-refractivity contribution in [3.8, 4) is 0 Å². The van der Waals surface area contributed by atoms with Crippen LogP contribution >= 0.6 is 15.6 Å². The molecule has 0 bridgehead atoms. The molecule has 0 aromatic heterocycles. The van der Waals surface area contributed by atoms with Crippen LogP contribution in [-0.2, 0) is 65.4 Å². The van der Waals surface area contributed by atoms with E-state index in [1.165, 1.54) is 231 Å². The van der Waals surface area contributed by atoms with Crippen molar-refractivity contribution in [2.24, 2.45) is 23.7 Å². The zero-order chi connectivity index (χ0) is 76.0. The summed E-state index contributed by atoms with van der Waals surface area (Å²) in [6, 6.07) is 0. The van der Waals surface area contributed by atoms with Crippen molar-refractivity contribution in [3.05, 3.63) is 0 Å². The van der Waals surface area contributed by atoms with Crippen LogP contribution in [0, 0.1) is 23.7 Å². The normalized spacial score (nSPS) is 14.5. The Morgan fingerprint density at radius 2 is 0.466 bits per heavy atom. The van der Waals surface area contributed by atoms with Gasteiger partial charge in [0.1, 0.15) is 19.3 Å². The van der Waals surface area contributed by atoms with Gasteiger partial charge in [0.25, 0.3) is 0 Å². The monoisotopic (exact) mass is 1510 g/mol. The molecule has 612 valence electrons. The fraction of sp³-hybridized carbons (Fsp3) is 0.952. The third-order valence-electron chi connectivity index (χ3n) is 20.3. The van der Waals surface area contributed by atoms with Crippen LogP contribution in [0.15, 0.2) is 0 Å². The highest BCUT2D eigenvalue weighted by atomic mass is 31.2. The van der Waals surface area contributed by atoms with E-state index in [0.29, 0.717) is 25.7 Å². The molecule has 4 unspecified atom stereocenters. The van der Waals surface area contributed by atoms with Gasteiger partial charge in [-0.1, -0.05) is 383 Å². The summed E-state index contributed by atoms with van der Waals surface area (Å²) in [6.07, 6.45) is 61.1. The fourth-order valence-electron chi connectivity index (χ4n) is 12.9. The second kappa shape index (κ2) is 72.9. The van der Waals surface area contributed by atoms with Gasteiger partial charge in [0.15, 0.2) is 12.2 Å². The predicted molar refractivity (Wildman–Crippen MR) is 423 cm³/mol. The molecule has 0 aromatic rings. The highest BCUT2D eigenvalue weighted by Gasteiger charge is 2.30. The molecule has 103 heavy (non-hydrogen) atoms. The summed E-state index contributed by atoms with van der Waals surface area (Å²) in [4.78, 5) is 73.1. The number of carbonyl (C=O) groups excluding carboxylic acids is 4. The molecule has 3 N–H and O–H groups in total. The zero-order valence-electron chi connectivity index (χ0n) is 68.0. The predicted octanol–water partition coefficient (Wildman–Crippen LogP) is 25.2. The highest BCUT2D eigenvalue weighted by molar-refractivity contribution is 7.47. The minimum Gasteiger partial charge on any atom is -0.462 e. The number of esters is 4. The molecule has 7 atom stereocenters. The molecule has 0 heterocycles. The Hall–Kier alpha value is -1.94. The first-order chi connectivity index (χ1) is 49.7. The Morgan fingerprint density at radius 3 is 0.689 bits per heavy atom. The second-order valence-corrected chi connectivity index (χ2v) is 34.6. The molecule has 0 spiro atoms. The lowest BCUT2D eigenvalue weighted by molar-refractivity contribution is -0.161. The fourth-order valence-corrected chi connectivity index (χ4v) is 14.5. The van der Waals surface area contributed by atoms with E-state index in [2.05, 4.69) is 55.4 Å². The van der Waals surface area contributed by atoms with Crippen LogP contribution in [0.4, 0.5) is 0 Å². The molecule has 0 fully saturated rings. The molecular formula is C84H164O17P2. The number of aliphatic hydroxyl groups is 1. The van der Waals surface area contributed by atoms with Gasteiger partial charge < -0.3 is 33.8 Å². The first-order valence-corrected chi connectivity index (χ1v) is 46.3. The quantitative estimate of drug-likeness (QED) is 0.0222. The van der Waals surface area contributed by atoms with E-state index in [0.717, 1.165) is 120 Å². The smallest absolute Gasteiger partial charge is 0.462 e. The van der Waals surface area contributed by atoms with Crippen LogP contribution in [0.2, 0.25) is 0 Å². The van der Waals surface area contributed by atoms with Crippen molar-refractivity contribution in [2.75, 3.05) is 39.6 Å². The number of phosphoric acid groups is 2. The molecule has 17 nitrogen and oxygen atoms in total. The highest BCUT2D eigenvalue weighted by Crippen LogP contribution is 2.45. The van der Waals surface area contributed by atoms with Gasteiger partial charge >= 0.3 is 39.5 Å². The first-order valence-electron chi connectivity index (χ1n) is 43.3. The molecule has 0 saturated heterocycles. The molecule has 0 aromatic carbocycles. The maximum atomic E-state index is 13.1. The molecule has 0 radical (unpaired) electrons. The molecule has 0 aliphatic heterocycles. The Kier molecular flexibility index (Phi) is 71.5. The average molecular weight is 1510 g/mol. The number of carbonyl (C=O) groups is 4. The third-order valence-corrected chi connectivity index (χ3v) is 22.2. The minimum atomic E-state index is -4.96. The Morgan fingerprint density at radius 1 is 0.272 bits per heavy atom.